The third-order valence-electron chi connectivity index (χ3n) is 3.76. The molecule has 2 atom stereocenters. The lowest BCUT2D eigenvalue weighted by molar-refractivity contribution is 0.00120. The number of hydrogen-bond acceptors (Lipinski definition) is 3. The fraction of sp³-hybridized carbons (Fsp3) is 0.333. The lowest BCUT2D eigenvalue weighted by Crippen LogP contribution is -2.32. The number of para-hydroxylation sites is 1. The maximum absolute atomic E-state index is 6.10. The Morgan fingerprint density at radius 3 is 2.21 bits per heavy atom. The summed E-state index contributed by atoms with van der Waals surface area (Å²) >= 11 is 0. The average molecular weight is 325 g/mol. The summed E-state index contributed by atoms with van der Waals surface area (Å²) in [6, 6.07) is 20.3. The maximum Gasteiger partial charge on any atom is 0.119 e. The fourth-order valence-electron chi connectivity index (χ4n) is 2.74. The molecule has 2 rings (SSSR count). The van der Waals surface area contributed by atoms with Gasteiger partial charge in [0.1, 0.15) is 5.75 Å². The van der Waals surface area contributed by atoms with Gasteiger partial charge in [-0.3, -0.25) is 0 Å². The first kappa shape index (κ1) is 18.2. The fourth-order valence-corrected chi connectivity index (χ4v) is 2.74. The molecule has 0 radical (unpaired) electrons. The van der Waals surface area contributed by atoms with E-state index in [1.807, 2.05) is 48.5 Å². The smallest absolute Gasteiger partial charge is 0.119 e. The van der Waals surface area contributed by atoms with Gasteiger partial charge in [-0.25, -0.2) is 0 Å². The normalized spacial score (nSPS) is 13.5. The first-order valence-electron chi connectivity index (χ1n) is 8.30. The van der Waals surface area contributed by atoms with Crippen molar-refractivity contribution in [2.45, 2.75) is 6.10 Å². The predicted octanol–water partition coefficient (Wildman–Crippen LogP) is 4.19. The van der Waals surface area contributed by atoms with Crippen LogP contribution in [0.25, 0.3) is 0 Å². The molecule has 0 saturated carbocycles. The Bertz CT molecular complexity index is 583. The van der Waals surface area contributed by atoms with E-state index in [-0.39, 0.29) is 12.0 Å². The molecular formula is C21H27NO2. The van der Waals surface area contributed by atoms with Crippen molar-refractivity contribution in [1.29, 1.82) is 0 Å². The van der Waals surface area contributed by atoms with E-state index in [1.165, 1.54) is 5.56 Å². The Morgan fingerprint density at radius 2 is 1.62 bits per heavy atom. The molecule has 2 aromatic carbocycles. The second-order valence-corrected chi connectivity index (χ2v) is 6.10. The molecule has 0 aliphatic carbocycles. The molecule has 0 aromatic heterocycles. The first-order valence-corrected chi connectivity index (χ1v) is 8.30. The van der Waals surface area contributed by atoms with Crippen LogP contribution in [0.4, 0.5) is 0 Å². The Hall–Kier alpha value is -2.10. The number of rotatable bonds is 10. The highest BCUT2D eigenvalue weighted by Gasteiger charge is 2.25. The van der Waals surface area contributed by atoms with E-state index in [4.69, 9.17) is 9.47 Å². The molecule has 0 spiro atoms. The topological polar surface area (TPSA) is 21.7 Å². The van der Waals surface area contributed by atoms with E-state index in [0.717, 1.165) is 12.3 Å². The minimum absolute atomic E-state index is 0.0321. The van der Waals surface area contributed by atoms with Crippen LogP contribution >= 0.6 is 0 Å². The summed E-state index contributed by atoms with van der Waals surface area (Å²) in [5, 5.41) is 0. The van der Waals surface area contributed by atoms with Gasteiger partial charge in [-0.1, -0.05) is 54.6 Å². The van der Waals surface area contributed by atoms with Gasteiger partial charge in [-0.15, -0.1) is 6.58 Å². The van der Waals surface area contributed by atoms with E-state index in [1.54, 1.807) is 6.08 Å². The molecular weight excluding hydrogens is 298 g/mol. The molecule has 0 heterocycles. The molecule has 3 nitrogen and oxygen atoms in total. The number of nitrogens with zero attached hydrogens (tertiary/aromatic N) is 1. The van der Waals surface area contributed by atoms with Gasteiger partial charge in [0.05, 0.1) is 19.3 Å². The summed E-state index contributed by atoms with van der Waals surface area (Å²) in [5.74, 6) is 1.10. The Kier molecular flexibility index (Phi) is 7.53. The third kappa shape index (κ3) is 5.84. The highest BCUT2D eigenvalue weighted by atomic mass is 16.5. The largest absolute Gasteiger partial charge is 0.493 e. The molecule has 24 heavy (non-hydrogen) atoms. The summed E-state index contributed by atoms with van der Waals surface area (Å²) in [6.45, 7) is 5.77. The van der Waals surface area contributed by atoms with Crippen molar-refractivity contribution >= 4 is 0 Å². The van der Waals surface area contributed by atoms with Crippen LogP contribution < -0.4 is 4.74 Å². The molecule has 0 N–H and O–H groups in total. The SMILES string of the molecule is C=CCOC(c1ccccc1)C(COc1ccccc1)CN(C)C. The van der Waals surface area contributed by atoms with Crippen LogP contribution in [0.1, 0.15) is 11.7 Å². The highest BCUT2D eigenvalue weighted by molar-refractivity contribution is 5.22. The van der Waals surface area contributed by atoms with Crippen molar-refractivity contribution in [3.8, 4) is 5.75 Å². The van der Waals surface area contributed by atoms with Gasteiger partial charge in [-0.05, 0) is 31.8 Å². The zero-order valence-electron chi connectivity index (χ0n) is 14.6. The summed E-state index contributed by atoms with van der Waals surface area (Å²) in [6.07, 6.45) is 1.76. The Balaban J connectivity index is 2.15. The summed E-state index contributed by atoms with van der Waals surface area (Å²) in [5.41, 5.74) is 1.17. The van der Waals surface area contributed by atoms with Crippen molar-refractivity contribution in [2.24, 2.45) is 5.92 Å². The number of ether oxygens (including phenoxy) is 2. The van der Waals surface area contributed by atoms with Crippen molar-refractivity contribution in [3.63, 3.8) is 0 Å². The Labute approximate surface area is 145 Å². The van der Waals surface area contributed by atoms with Crippen molar-refractivity contribution < 1.29 is 9.47 Å². The van der Waals surface area contributed by atoms with Gasteiger partial charge in [0.2, 0.25) is 0 Å². The minimum atomic E-state index is -0.0321. The highest BCUT2D eigenvalue weighted by Crippen LogP contribution is 2.28. The van der Waals surface area contributed by atoms with E-state index < -0.39 is 0 Å². The predicted molar refractivity (Wildman–Crippen MR) is 99.3 cm³/mol. The molecule has 0 amide bonds. The molecule has 0 aliphatic rings. The van der Waals surface area contributed by atoms with Crippen molar-refractivity contribution in [3.05, 3.63) is 78.9 Å². The van der Waals surface area contributed by atoms with Gasteiger partial charge < -0.3 is 14.4 Å². The second kappa shape index (κ2) is 9.91. The first-order chi connectivity index (χ1) is 11.7. The Morgan fingerprint density at radius 1 is 1.00 bits per heavy atom. The third-order valence-corrected chi connectivity index (χ3v) is 3.76. The van der Waals surface area contributed by atoms with Crippen LogP contribution in [0.15, 0.2) is 73.3 Å². The van der Waals surface area contributed by atoms with Gasteiger partial charge >= 0.3 is 0 Å². The van der Waals surface area contributed by atoms with Gasteiger partial charge in [0.15, 0.2) is 0 Å². The van der Waals surface area contributed by atoms with Crippen molar-refractivity contribution in [2.75, 3.05) is 33.9 Å². The molecule has 2 unspecified atom stereocenters. The van der Waals surface area contributed by atoms with Crippen LogP contribution in [0.3, 0.4) is 0 Å². The number of benzene rings is 2. The average Bonchev–Trinajstić information content (AvgIpc) is 2.61. The van der Waals surface area contributed by atoms with Gasteiger partial charge in [0, 0.05) is 12.5 Å². The van der Waals surface area contributed by atoms with Gasteiger partial charge in [-0.2, -0.15) is 0 Å². The van der Waals surface area contributed by atoms with Crippen LogP contribution in [0.5, 0.6) is 5.75 Å². The summed E-state index contributed by atoms with van der Waals surface area (Å²) in [7, 11) is 4.15. The zero-order chi connectivity index (χ0) is 17.2. The van der Waals surface area contributed by atoms with E-state index in [9.17, 15) is 0 Å². The van der Waals surface area contributed by atoms with Gasteiger partial charge in [0.25, 0.3) is 0 Å². The van der Waals surface area contributed by atoms with Crippen LogP contribution in [-0.4, -0.2) is 38.8 Å². The van der Waals surface area contributed by atoms with Crippen molar-refractivity contribution in [1.82, 2.24) is 4.90 Å². The minimum Gasteiger partial charge on any atom is -0.493 e. The lowest BCUT2D eigenvalue weighted by atomic mass is 9.95. The number of hydrogen-bond donors (Lipinski definition) is 0. The molecule has 0 fully saturated rings. The monoisotopic (exact) mass is 325 g/mol. The summed E-state index contributed by atoms with van der Waals surface area (Å²) < 4.78 is 12.1. The molecule has 3 heteroatoms. The van der Waals surface area contributed by atoms with Crippen LogP contribution in [-0.2, 0) is 4.74 Å². The lowest BCUT2D eigenvalue weighted by Gasteiger charge is -2.29. The molecule has 2 aromatic rings. The standard InChI is InChI=1S/C21H27NO2/c1-4-15-23-21(18-11-7-5-8-12-18)19(16-22(2)3)17-24-20-13-9-6-10-14-20/h4-14,19,21H,1,15-17H2,2-3H3. The van der Waals surface area contributed by atoms with E-state index in [0.29, 0.717) is 13.2 Å². The molecule has 0 saturated heterocycles. The van der Waals surface area contributed by atoms with Crippen LogP contribution in [0, 0.1) is 5.92 Å². The van der Waals surface area contributed by atoms with Crippen LogP contribution in [0.2, 0.25) is 0 Å². The molecule has 128 valence electrons. The van der Waals surface area contributed by atoms with E-state index in [2.05, 4.69) is 37.7 Å². The summed E-state index contributed by atoms with van der Waals surface area (Å²) in [4.78, 5) is 2.17. The van der Waals surface area contributed by atoms with E-state index >= 15 is 0 Å². The molecule has 0 bridgehead atoms. The molecule has 0 aliphatic heterocycles. The zero-order valence-corrected chi connectivity index (χ0v) is 14.6. The maximum atomic E-state index is 6.10. The second-order valence-electron chi connectivity index (χ2n) is 6.10. The quantitative estimate of drug-likeness (QED) is 0.612.